The van der Waals surface area contributed by atoms with E-state index in [1.165, 1.54) is 5.56 Å². The van der Waals surface area contributed by atoms with Crippen LogP contribution in [0.1, 0.15) is 78.8 Å². The second kappa shape index (κ2) is 9.44. The molecule has 1 aliphatic carbocycles. The molecular weight excluding hydrogens is 392 g/mol. The predicted molar refractivity (Wildman–Crippen MR) is 111 cm³/mol. The highest BCUT2D eigenvalue weighted by Gasteiger charge is 2.29. The summed E-state index contributed by atoms with van der Waals surface area (Å²) in [5, 5.41) is 18.8. The van der Waals surface area contributed by atoms with Crippen LogP contribution in [0.5, 0.6) is 0 Å². The number of benzene rings is 1. The molecule has 1 aromatic heterocycles. The van der Waals surface area contributed by atoms with Gasteiger partial charge in [-0.2, -0.15) is 0 Å². The van der Waals surface area contributed by atoms with Crippen molar-refractivity contribution in [3.8, 4) is 0 Å². The maximum atomic E-state index is 11.8. The van der Waals surface area contributed by atoms with Gasteiger partial charge in [0.2, 0.25) is 0 Å². The first kappa shape index (κ1) is 21.4. The van der Waals surface area contributed by atoms with Crippen molar-refractivity contribution in [1.82, 2.24) is 9.55 Å². The van der Waals surface area contributed by atoms with Crippen LogP contribution in [0, 0.1) is 5.92 Å². The molecule has 156 valence electrons. The van der Waals surface area contributed by atoms with E-state index in [-0.39, 0.29) is 23.2 Å². The Balaban J connectivity index is 1.90. The molecule has 1 saturated carbocycles. The van der Waals surface area contributed by atoms with Gasteiger partial charge in [-0.25, -0.2) is 9.78 Å². The predicted octanol–water partition coefficient (Wildman–Crippen LogP) is 4.98. The number of nitrogens with zero attached hydrogens (tertiary/aromatic N) is 2. The van der Waals surface area contributed by atoms with Crippen molar-refractivity contribution in [2.45, 2.75) is 64.3 Å². The number of carboxylic acids is 2. The summed E-state index contributed by atoms with van der Waals surface area (Å²) < 4.78 is 1.73. The van der Waals surface area contributed by atoms with Crippen molar-refractivity contribution in [2.75, 3.05) is 0 Å². The first-order chi connectivity index (χ1) is 13.9. The van der Waals surface area contributed by atoms with Crippen LogP contribution in [0.15, 0.2) is 24.3 Å². The van der Waals surface area contributed by atoms with Gasteiger partial charge in [0, 0.05) is 19.4 Å². The molecule has 1 aliphatic rings. The summed E-state index contributed by atoms with van der Waals surface area (Å²) in [7, 11) is 0. The van der Waals surface area contributed by atoms with Crippen molar-refractivity contribution < 1.29 is 19.8 Å². The number of aromatic nitrogens is 2. The molecule has 6 nitrogen and oxygen atoms in total. The molecule has 0 spiro atoms. The molecule has 0 amide bonds. The monoisotopic (exact) mass is 418 g/mol. The van der Waals surface area contributed by atoms with Gasteiger partial charge in [0.1, 0.15) is 5.82 Å². The van der Waals surface area contributed by atoms with E-state index in [2.05, 4.69) is 18.0 Å². The minimum absolute atomic E-state index is 0.0303. The minimum Gasteiger partial charge on any atom is -0.481 e. The zero-order valence-corrected chi connectivity index (χ0v) is 17.4. The lowest BCUT2D eigenvalue weighted by atomic mass is 9.91. The van der Waals surface area contributed by atoms with Crippen molar-refractivity contribution >= 4 is 23.5 Å². The molecular formula is C22H27ClN2O4. The molecule has 3 rings (SSSR count). The topological polar surface area (TPSA) is 92.4 Å². The lowest BCUT2D eigenvalue weighted by molar-refractivity contribution is -0.138. The summed E-state index contributed by atoms with van der Waals surface area (Å²) in [6, 6.07) is 8.03. The van der Waals surface area contributed by atoms with Crippen molar-refractivity contribution in [1.29, 1.82) is 0 Å². The highest BCUT2D eigenvalue weighted by atomic mass is 35.5. The molecule has 2 atom stereocenters. The van der Waals surface area contributed by atoms with Gasteiger partial charge in [-0.15, -0.1) is 0 Å². The number of aromatic carboxylic acids is 1. The summed E-state index contributed by atoms with van der Waals surface area (Å²) in [5.41, 5.74) is 2.24. The summed E-state index contributed by atoms with van der Waals surface area (Å²) in [6.07, 6.45) is 5.49. The third-order valence-electron chi connectivity index (χ3n) is 5.79. The van der Waals surface area contributed by atoms with Crippen LogP contribution in [0.4, 0.5) is 0 Å². The maximum Gasteiger partial charge on any atom is 0.355 e. The van der Waals surface area contributed by atoms with Crippen molar-refractivity contribution in [3.63, 3.8) is 0 Å². The number of imidazole rings is 1. The fourth-order valence-corrected chi connectivity index (χ4v) is 4.68. The Kier molecular flexibility index (Phi) is 6.96. The molecule has 0 saturated heterocycles. The molecule has 0 bridgehead atoms. The van der Waals surface area contributed by atoms with Crippen molar-refractivity contribution in [2.24, 2.45) is 5.92 Å². The van der Waals surface area contributed by atoms with Crippen molar-refractivity contribution in [3.05, 3.63) is 52.1 Å². The van der Waals surface area contributed by atoms with Gasteiger partial charge in [-0.3, -0.25) is 4.79 Å². The number of hydrogen-bond acceptors (Lipinski definition) is 3. The zero-order chi connectivity index (χ0) is 21.0. The quantitative estimate of drug-likeness (QED) is 0.598. The summed E-state index contributed by atoms with van der Waals surface area (Å²) in [5.74, 6) is -0.641. The number of carboxylic acid groups (broad SMARTS) is 2. The minimum atomic E-state index is -1.08. The van der Waals surface area contributed by atoms with Crippen LogP contribution in [-0.4, -0.2) is 31.7 Å². The Morgan fingerprint density at radius 2 is 2.00 bits per heavy atom. The lowest BCUT2D eigenvalue weighted by Crippen LogP contribution is -2.14. The lowest BCUT2D eigenvalue weighted by Gasteiger charge is -2.18. The van der Waals surface area contributed by atoms with E-state index in [1.54, 1.807) is 4.57 Å². The van der Waals surface area contributed by atoms with E-state index >= 15 is 0 Å². The molecule has 2 unspecified atom stereocenters. The number of halogens is 1. The molecule has 2 N–H and O–H groups in total. The number of carbonyl (C=O) groups is 2. The van der Waals surface area contributed by atoms with E-state index in [1.807, 2.05) is 18.2 Å². The molecule has 2 aromatic rings. The molecule has 1 aromatic carbocycles. The fraction of sp³-hybridized carbons (Fsp3) is 0.500. The van der Waals surface area contributed by atoms with Crippen LogP contribution in [0.25, 0.3) is 0 Å². The van der Waals surface area contributed by atoms with Gasteiger partial charge in [0.25, 0.3) is 0 Å². The Bertz CT molecular complexity index is 893. The molecule has 1 heterocycles. The SMILES string of the molecule is CCCCc1nc(Cl)c(C(=O)O)n1Cc1ccccc1C1CCC(CC(=O)O)C1. The average molecular weight is 419 g/mol. The smallest absolute Gasteiger partial charge is 0.355 e. The molecule has 0 radical (unpaired) electrons. The van der Waals surface area contributed by atoms with Gasteiger partial charge in [-0.05, 0) is 48.6 Å². The zero-order valence-electron chi connectivity index (χ0n) is 16.6. The van der Waals surface area contributed by atoms with Gasteiger partial charge < -0.3 is 14.8 Å². The average Bonchev–Trinajstić information content (AvgIpc) is 3.24. The Hall–Kier alpha value is -2.34. The summed E-state index contributed by atoms with van der Waals surface area (Å²) in [6.45, 7) is 2.48. The first-order valence-corrected chi connectivity index (χ1v) is 10.6. The van der Waals surface area contributed by atoms with Crippen LogP contribution in [0.2, 0.25) is 5.15 Å². The first-order valence-electron chi connectivity index (χ1n) is 10.2. The second-order valence-corrected chi connectivity index (χ2v) is 8.19. The standard InChI is InChI=1S/C22H27ClN2O4/c1-2-3-8-18-24-21(23)20(22(28)29)25(18)13-16-6-4-5-7-17(16)15-10-9-14(11-15)12-19(26)27/h4-7,14-15H,2-3,8-13H2,1H3,(H,26,27)(H,28,29). The van der Waals surface area contributed by atoms with Crippen LogP contribution < -0.4 is 0 Å². The van der Waals surface area contributed by atoms with Crippen LogP contribution >= 0.6 is 11.6 Å². The van der Waals surface area contributed by atoms with E-state index in [9.17, 15) is 14.7 Å². The number of hydrogen-bond donors (Lipinski definition) is 2. The Labute approximate surface area is 175 Å². The van der Waals surface area contributed by atoms with Gasteiger partial charge in [0.15, 0.2) is 10.8 Å². The Morgan fingerprint density at radius 1 is 1.24 bits per heavy atom. The number of aryl methyl sites for hydroxylation is 1. The molecule has 29 heavy (non-hydrogen) atoms. The second-order valence-electron chi connectivity index (χ2n) is 7.83. The van der Waals surface area contributed by atoms with Crippen LogP contribution in [-0.2, 0) is 17.8 Å². The normalized spacial score (nSPS) is 18.8. The van der Waals surface area contributed by atoms with E-state index < -0.39 is 11.9 Å². The summed E-state index contributed by atoms with van der Waals surface area (Å²) in [4.78, 5) is 27.2. The van der Waals surface area contributed by atoms with E-state index in [0.717, 1.165) is 37.7 Å². The number of aliphatic carboxylic acids is 1. The number of rotatable bonds is 9. The van der Waals surface area contributed by atoms with E-state index in [4.69, 9.17) is 16.7 Å². The van der Waals surface area contributed by atoms with Gasteiger partial charge >= 0.3 is 11.9 Å². The highest BCUT2D eigenvalue weighted by molar-refractivity contribution is 6.32. The van der Waals surface area contributed by atoms with Gasteiger partial charge in [-0.1, -0.05) is 49.2 Å². The molecule has 0 aliphatic heterocycles. The highest BCUT2D eigenvalue weighted by Crippen LogP contribution is 2.41. The molecule has 7 heteroatoms. The number of unbranched alkanes of at least 4 members (excludes halogenated alkanes) is 1. The fourth-order valence-electron chi connectivity index (χ4n) is 4.40. The van der Waals surface area contributed by atoms with Gasteiger partial charge in [0.05, 0.1) is 0 Å². The third kappa shape index (κ3) is 4.99. The van der Waals surface area contributed by atoms with E-state index in [0.29, 0.717) is 24.7 Å². The Morgan fingerprint density at radius 3 is 2.69 bits per heavy atom. The van der Waals surface area contributed by atoms with Crippen LogP contribution in [0.3, 0.4) is 0 Å². The molecule has 1 fully saturated rings. The summed E-state index contributed by atoms with van der Waals surface area (Å²) >= 11 is 6.16. The largest absolute Gasteiger partial charge is 0.481 e. The maximum absolute atomic E-state index is 11.8. The third-order valence-corrected chi connectivity index (χ3v) is 6.05.